The van der Waals surface area contributed by atoms with E-state index in [1.54, 1.807) is 6.20 Å². The van der Waals surface area contributed by atoms with E-state index >= 15 is 0 Å². The lowest BCUT2D eigenvalue weighted by Crippen LogP contribution is -2.30. The summed E-state index contributed by atoms with van der Waals surface area (Å²) in [6.45, 7) is 0.433. The zero-order valence-corrected chi connectivity index (χ0v) is 14.6. The molecule has 2 aromatic heterocycles. The molecule has 132 valence electrons. The van der Waals surface area contributed by atoms with Crippen LogP contribution in [-0.4, -0.2) is 41.7 Å². The summed E-state index contributed by atoms with van der Waals surface area (Å²) in [7, 11) is 3.92. The highest BCUT2D eigenvalue weighted by atomic mass is 16.5. The number of aromatic nitrogens is 3. The van der Waals surface area contributed by atoms with Gasteiger partial charge in [0.25, 0.3) is 0 Å². The first-order chi connectivity index (χ1) is 12.6. The first kappa shape index (κ1) is 16.3. The molecule has 1 atom stereocenters. The van der Waals surface area contributed by atoms with E-state index in [0.717, 1.165) is 11.3 Å². The van der Waals surface area contributed by atoms with Gasteiger partial charge in [-0.1, -0.05) is 35.5 Å². The van der Waals surface area contributed by atoms with Gasteiger partial charge in [0.2, 0.25) is 17.6 Å². The maximum Gasteiger partial charge on any atom is 0.239 e. The van der Waals surface area contributed by atoms with Gasteiger partial charge >= 0.3 is 0 Å². The average molecular weight is 349 g/mol. The van der Waals surface area contributed by atoms with E-state index in [2.05, 4.69) is 20.4 Å². The van der Waals surface area contributed by atoms with Gasteiger partial charge in [0, 0.05) is 38.9 Å². The lowest BCUT2D eigenvalue weighted by atomic mass is 9.79. The number of carbonyl (C=O) groups is 1. The molecule has 26 heavy (non-hydrogen) atoms. The van der Waals surface area contributed by atoms with Crippen LogP contribution in [0, 0.1) is 0 Å². The highest BCUT2D eigenvalue weighted by molar-refractivity contribution is 5.81. The highest BCUT2D eigenvalue weighted by Gasteiger charge is 2.46. The molecule has 7 nitrogen and oxygen atoms in total. The van der Waals surface area contributed by atoms with E-state index < -0.39 is 5.41 Å². The third kappa shape index (κ3) is 2.71. The molecular formula is C19H19N5O2. The maximum absolute atomic E-state index is 12.0. The number of carbonyl (C=O) groups excluding carboxylic acids is 1. The molecule has 1 N–H and O–H groups in total. The minimum Gasteiger partial charge on any atom is -0.378 e. The van der Waals surface area contributed by atoms with Gasteiger partial charge in [-0.2, -0.15) is 4.98 Å². The topological polar surface area (TPSA) is 84.2 Å². The van der Waals surface area contributed by atoms with Gasteiger partial charge in [0.15, 0.2) is 0 Å². The van der Waals surface area contributed by atoms with E-state index in [9.17, 15) is 4.79 Å². The van der Waals surface area contributed by atoms with E-state index in [1.807, 2.05) is 61.5 Å². The Labute approximate surface area is 151 Å². The number of benzene rings is 1. The molecule has 4 rings (SSSR count). The van der Waals surface area contributed by atoms with Crippen molar-refractivity contribution in [3.8, 4) is 11.5 Å². The molecule has 1 fully saturated rings. The summed E-state index contributed by atoms with van der Waals surface area (Å²) in [5.74, 6) is 0.814. The third-order valence-electron chi connectivity index (χ3n) is 4.70. The number of hydrogen-bond acceptors (Lipinski definition) is 6. The smallest absolute Gasteiger partial charge is 0.239 e. The second kappa shape index (κ2) is 6.25. The molecule has 3 heterocycles. The van der Waals surface area contributed by atoms with Crippen molar-refractivity contribution in [3.05, 3.63) is 60.1 Å². The van der Waals surface area contributed by atoms with E-state index in [4.69, 9.17) is 4.52 Å². The van der Waals surface area contributed by atoms with Crippen molar-refractivity contribution < 1.29 is 9.32 Å². The predicted molar refractivity (Wildman–Crippen MR) is 96.7 cm³/mol. The van der Waals surface area contributed by atoms with Crippen molar-refractivity contribution in [2.45, 2.75) is 11.8 Å². The van der Waals surface area contributed by atoms with Gasteiger partial charge in [-0.25, -0.2) is 0 Å². The lowest BCUT2D eigenvalue weighted by molar-refractivity contribution is -0.119. The third-order valence-corrected chi connectivity index (χ3v) is 4.70. The lowest BCUT2D eigenvalue weighted by Gasteiger charge is -2.22. The van der Waals surface area contributed by atoms with E-state index in [0.29, 0.717) is 24.0 Å². The molecule has 0 spiro atoms. The molecule has 0 saturated carbocycles. The van der Waals surface area contributed by atoms with Gasteiger partial charge in [-0.15, -0.1) is 0 Å². The number of anilines is 1. The van der Waals surface area contributed by atoms with Crippen LogP contribution in [0.4, 0.5) is 5.69 Å². The van der Waals surface area contributed by atoms with Gasteiger partial charge in [-0.3, -0.25) is 9.78 Å². The normalized spacial score (nSPS) is 19.4. The van der Waals surface area contributed by atoms with Gasteiger partial charge in [0.1, 0.15) is 11.1 Å². The quantitative estimate of drug-likeness (QED) is 0.776. The standard InChI is InChI=1S/C19H19N5O2/c1-24(2)14-8-9-20-15(10-14)17-22-18(26-23-17)19(11-16(25)21-12-19)13-6-4-3-5-7-13/h3-10H,11-12H2,1-2H3,(H,21,25). The average Bonchev–Trinajstić information content (AvgIpc) is 3.30. The Hall–Kier alpha value is -3.22. The van der Waals surface area contributed by atoms with Crippen LogP contribution in [0.3, 0.4) is 0 Å². The molecule has 1 aliphatic heterocycles. The van der Waals surface area contributed by atoms with Crippen molar-refractivity contribution >= 4 is 11.6 Å². The first-order valence-corrected chi connectivity index (χ1v) is 8.39. The highest BCUT2D eigenvalue weighted by Crippen LogP contribution is 2.38. The molecule has 1 saturated heterocycles. The van der Waals surface area contributed by atoms with Crippen molar-refractivity contribution in [3.63, 3.8) is 0 Å². The second-order valence-electron chi connectivity index (χ2n) is 6.62. The van der Waals surface area contributed by atoms with Crippen molar-refractivity contribution in [2.24, 2.45) is 0 Å². The van der Waals surface area contributed by atoms with Gasteiger partial charge < -0.3 is 14.7 Å². The maximum atomic E-state index is 12.0. The number of rotatable bonds is 4. The second-order valence-corrected chi connectivity index (χ2v) is 6.62. The molecule has 1 aliphatic rings. The van der Waals surface area contributed by atoms with Crippen LogP contribution in [0.2, 0.25) is 0 Å². The minimum atomic E-state index is -0.650. The SMILES string of the molecule is CN(C)c1ccnc(-c2noc(C3(c4ccccc4)CNC(=O)C3)n2)c1. The fraction of sp³-hybridized carbons (Fsp3) is 0.263. The Kier molecular flexibility index (Phi) is 3.91. The van der Waals surface area contributed by atoms with Crippen LogP contribution in [0.25, 0.3) is 11.5 Å². The Balaban J connectivity index is 1.76. The Bertz CT molecular complexity index is 938. The summed E-state index contributed by atoms with van der Waals surface area (Å²) in [5, 5.41) is 7.01. The number of pyridine rings is 1. The summed E-state index contributed by atoms with van der Waals surface area (Å²) in [4.78, 5) is 22.9. The predicted octanol–water partition coefficient (Wildman–Crippen LogP) is 2.00. The fourth-order valence-electron chi connectivity index (χ4n) is 3.23. The van der Waals surface area contributed by atoms with Crippen LogP contribution < -0.4 is 10.2 Å². The van der Waals surface area contributed by atoms with Crippen molar-refractivity contribution in [2.75, 3.05) is 25.5 Å². The molecule has 3 aromatic rings. The summed E-state index contributed by atoms with van der Waals surface area (Å²) < 4.78 is 5.60. The van der Waals surface area contributed by atoms with Gasteiger partial charge in [-0.05, 0) is 17.7 Å². The zero-order chi connectivity index (χ0) is 18.1. The molecular weight excluding hydrogens is 330 g/mol. The molecule has 1 unspecified atom stereocenters. The zero-order valence-electron chi connectivity index (χ0n) is 14.6. The van der Waals surface area contributed by atoms with Crippen LogP contribution in [0.15, 0.2) is 53.2 Å². The minimum absolute atomic E-state index is 0.0265. The Morgan fingerprint density at radius 1 is 1.19 bits per heavy atom. The monoisotopic (exact) mass is 349 g/mol. The number of amides is 1. The molecule has 0 radical (unpaired) electrons. The molecule has 0 bridgehead atoms. The Morgan fingerprint density at radius 3 is 2.69 bits per heavy atom. The molecule has 7 heteroatoms. The summed E-state index contributed by atoms with van der Waals surface area (Å²) in [5.41, 5.74) is 1.95. The fourth-order valence-corrected chi connectivity index (χ4v) is 3.23. The van der Waals surface area contributed by atoms with Crippen molar-refractivity contribution in [1.29, 1.82) is 0 Å². The van der Waals surface area contributed by atoms with Crippen LogP contribution in [0.5, 0.6) is 0 Å². The number of nitrogens with zero attached hydrogens (tertiary/aromatic N) is 4. The van der Waals surface area contributed by atoms with E-state index in [1.165, 1.54) is 0 Å². The number of nitrogens with one attached hydrogen (secondary N) is 1. The van der Waals surface area contributed by atoms with Crippen LogP contribution >= 0.6 is 0 Å². The van der Waals surface area contributed by atoms with Crippen LogP contribution in [0.1, 0.15) is 17.9 Å². The van der Waals surface area contributed by atoms with Gasteiger partial charge in [0.05, 0.1) is 0 Å². The summed E-state index contributed by atoms with van der Waals surface area (Å²) in [6, 6.07) is 13.6. The van der Waals surface area contributed by atoms with Crippen molar-refractivity contribution in [1.82, 2.24) is 20.4 Å². The summed E-state index contributed by atoms with van der Waals surface area (Å²) >= 11 is 0. The Morgan fingerprint density at radius 2 is 2.00 bits per heavy atom. The molecule has 0 aliphatic carbocycles. The molecule has 1 amide bonds. The number of hydrogen-bond donors (Lipinski definition) is 1. The largest absolute Gasteiger partial charge is 0.378 e. The molecule has 1 aromatic carbocycles. The van der Waals surface area contributed by atoms with Crippen LogP contribution in [-0.2, 0) is 10.2 Å². The summed E-state index contributed by atoms with van der Waals surface area (Å²) in [6.07, 6.45) is 2.00. The van der Waals surface area contributed by atoms with E-state index in [-0.39, 0.29) is 12.3 Å². The first-order valence-electron chi connectivity index (χ1n) is 8.39.